The molecule has 3 aromatic rings. The Hall–Kier alpha value is -2.67. The van der Waals surface area contributed by atoms with Crippen LogP contribution in [-0.2, 0) is 6.54 Å². The van der Waals surface area contributed by atoms with Crippen molar-refractivity contribution in [1.82, 2.24) is 15.3 Å². The fraction of sp³-hybridized carbons (Fsp3) is 0.133. The normalized spacial score (nSPS) is 10.4. The van der Waals surface area contributed by atoms with Crippen molar-refractivity contribution in [2.75, 3.05) is 5.32 Å². The summed E-state index contributed by atoms with van der Waals surface area (Å²) in [5.74, 6) is 1.17. The Bertz CT molecular complexity index is 767. The van der Waals surface area contributed by atoms with Crippen LogP contribution in [0.25, 0.3) is 0 Å². The average Bonchev–Trinajstić information content (AvgIpc) is 3.16. The van der Waals surface area contributed by atoms with Gasteiger partial charge >= 0.3 is 0 Å². The van der Waals surface area contributed by atoms with E-state index in [1.807, 2.05) is 25.1 Å². The summed E-state index contributed by atoms with van der Waals surface area (Å²) < 4.78 is 5.16. The molecule has 0 saturated heterocycles. The Kier molecular flexibility index (Phi) is 4.15. The molecule has 0 radical (unpaired) electrons. The van der Waals surface area contributed by atoms with E-state index in [9.17, 15) is 4.79 Å². The van der Waals surface area contributed by atoms with E-state index in [-0.39, 0.29) is 5.91 Å². The first-order chi connectivity index (χ1) is 10.7. The molecule has 0 atom stereocenters. The van der Waals surface area contributed by atoms with Crippen LogP contribution in [0.4, 0.5) is 10.9 Å². The van der Waals surface area contributed by atoms with Gasteiger partial charge in [-0.05, 0) is 31.2 Å². The second-order valence-electron chi connectivity index (χ2n) is 4.59. The smallest absolute Gasteiger partial charge is 0.271 e. The molecule has 0 aliphatic carbocycles. The average molecular weight is 314 g/mol. The molecule has 0 fully saturated rings. The number of hydrogen-bond acceptors (Lipinski definition) is 6. The van der Waals surface area contributed by atoms with Crippen molar-refractivity contribution in [3.8, 4) is 0 Å². The molecule has 3 rings (SSSR count). The third-order valence-corrected chi connectivity index (χ3v) is 3.62. The molecule has 0 spiro atoms. The third-order valence-electron chi connectivity index (χ3n) is 2.86. The molecule has 2 N–H and O–H groups in total. The summed E-state index contributed by atoms with van der Waals surface area (Å²) in [6.45, 7) is 2.26. The Morgan fingerprint density at radius 2 is 2.18 bits per heavy atom. The van der Waals surface area contributed by atoms with Gasteiger partial charge < -0.3 is 15.1 Å². The number of nitrogens with one attached hydrogen (secondary N) is 2. The highest BCUT2D eigenvalue weighted by Crippen LogP contribution is 2.19. The van der Waals surface area contributed by atoms with Crippen LogP contribution in [0, 0.1) is 6.92 Å². The van der Waals surface area contributed by atoms with E-state index >= 15 is 0 Å². The Morgan fingerprint density at radius 1 is 1.27 bits per heavy atom. The molecular weight excluding hydrogens is 300 g/mol. The standard InChI is InChI=1S/C15H14N4O2S/c1-10-4-2-6-13(17-10)19-15-18-12(9-22-15)14(20)16-8-11-5-3-7-21-11/h2-7,9H,8H2,1H3,(H,16,20)(H,17,18,19). The van der Waals surface area contributed by atoms with Crippen molar-refractivity contribution in [3.05, 3.63) is 59.1 Å². The predicted octanol–water partition coefficient (Wildman–Crippen LogP) is 3.11. The zero-order valence-corrected chi connectivity index (χ0v) is 12.7. The highest BCUT2D eigenvalue weighted by atomic mass is 32.1. The number of furan rings is 1. The zero-order valence-electron chi connectivity index (χ0n) is 11.9. The summed E-state index contributed by atoms with van der Waals surface area (Å²) in [7, 11) is 0. The molecule has 0 aliphatic heterocycles. The summed E-state index contributed by atoms with van der Waals surface area (Å²) in [5.41, 5.74) is 1.28. The van der Waals surface area contributed by atoms with E-state index in [1.54, 1.807) is 23.8 Å². The monoisotopic (exact) mass is 314 g/mol. The van der Waals surface area contributed by atoms with Gasteiger partial charge in [0.2, 0.25) is 0 Å². The van der Waals surface area contributed by atoms with Gasteiger partial charge in [0.05, 0.1) is 12.8 Å². The minimum absolute atomic E-state index is 0.238. The number of aryl methyl sites for hydroxylation is 1. The summed E-state index contributed by atoms with van der Waals surface area (Å²) in [4.78, 5) is 20.6. The first-order valence-electron chi connectivity index (χ1n) is 6.67. The zero-order chi connectivity index (χ0) is 15.4. The van der Waals surface area contributed by atoms with Crippen molar-refractivity contribution < 1.29 is 9.21 Å². The number of anilines is 2. The number of aromatic nitrogens is 2. The van der Waals surface area contributed by atoms with Crippen LogP contribution >= 0.6 is 11.3 Å². The van der Waals surface area contributed by atoms with Crippen molar-refractivity contribution >= 4 is 28.2 Å². The first kappa shape index (κ1) is 14.3. The topological polar surface area (TPSA) is 80.0 Å². The fourth-order valence-corrected chi connectivity index (χ4v) is 2.53. The molecule has 7 heteroatoms. The van der Waals surface area contributed by atoms with Gasteiger partial charge in [0.15, 0.2) is 5.13 Å². The lowest BCUT2D eigenvalue weighted by Crippen LogP contribution is -2.22. The molecule has 0 unspecified atom stereocenters. The number of carbonyl (C=O) groups excluding carboxylic acids is 1. The van der Waals surface area contributed by atoms with Crippen LogP contribution in [-0.4, -0.2) is 15.9 Å². The molecule has 6 nitrogen and oxygen atoms in total. The molecule has 0 bridgehead atoms. The maximum atomic E-state index is 12.0. The minimum atomic E-state index is -0.238. The molecule has 22 heavy (non-hydrogen) atoms. The van der Waals surface area contributed by atoms with Crippen molar-refractivity contribution in [2.24, 2.45) is 0 Å². The van der Waals surface area contributed by atoms with E-state index in [0.29, 0.717) is 28.9 Å². The summed E-state index contributed by atoms with van der Waals surface area (Å²) in [6.07, 6.45) is 1.57. The van der Waals surface area contributed by atoms with Gasteiger partial charge in [-0.1, -0.05) is 6.07 Å². The van der Waals surface area contributed by atoms with Gasteiger partial charge in [0.1, 0.15) is 17.3 Å². The lowest BCUT2D eigenvalue weighted by atomic mass is 10.4. The fourth-order valence-electron chi connectivity index (χ4n) is 1.83. The quantitative estimate of drug-likeness (QED) is 0.756. The Morgan fingerprint density at radius 3 is 2.95 bits per heavy atom. The van der Waals surface area contributed by atoms with Crippen molar-refractivity contribution in [1.29, 1.82) is 0 Å². The number of carbonyl (C=O) groups is 1. The first-order valence-corrected chi connectivity index (χ1v) is 7.55. The highest BCUT2D eigenvalue weighted by molar-refractivity contribution is 7.14. The number of pyridine rings is 1. The number of rotatable bonds is 5. The van der Waals surface area contributed by atoms with E-state index in [1.165, 1.54) is 11.3 Å². The second kappa shape index (κ2) is 6.40. The van der Waals surface area contributed by atoms with E-state index in [4.69, 9.17) is 4.42 Å². The lowest BCUT2D eigenvalue weighted by Gasteiger charge is -2.02. The molecule has 0 aliphatic rings. The van der Waals surface area contributed by atoms with Gasteiger partial charge in [-0.15, -0.1) is 11.3 Å². The van der Waals surface area contributed by atoms with Gasteiger partial charge in [-0.2, -0.15) is 0 Å². The maximum Gasteiger partial charge on any atom is 0.271 e. The van der Waals surface area contributed by atoms with E-state index in [0.717, 1.165) is 5.69 Å². The van der Waals surface area contributed by atoms with Crippen LogP contribution in [0.1, 0.15) is 21.9 Å². The molecule has 0 saturated carbocycles. The molecule has 3 heterocycles. The van der Waals surface area contributed by atoms with Gasteiger partial charge in [-0.3, -0.25) is 4.79 Å². The second-order valence-corrected chi connectivity index (χ2v) is 5.45. The minimum Gasteiger partial charge on any atom is -0.467 e. The Labute approximate surface area is 131 Å². The van der Waals surface area contributed by atoms with Crippen LogP contribution in [0.5, 0.6) is 0 Å². The van der Waals surface area contributed by atoms with Gasteiger partial charge in [0.25, 0.3) is 5.91 Å². The van der Waals surface area contributed by atoms with Crippen LogP contribution in [0.15, 0.2) is 46.4 Å². The lowest BCUT2D eigenvalue weighted by molar-refractivity contribution is 0.0944. The SMILES string of the molecule is Cc1cccc(Nc2nc(C(=O)NCc3ccco3)cs2)n1. The number of thiazole rings is 1. The number of hydrogen-bond donors (Lipinski definition) is 2. The highest BCUT2D eigenvalue weighted by Gasteiger charge is 2.11. The summed E-state index contributed by atoms with van der Waals surface area (Å²) >= 11 is 1.36. The largest absolute Gasteiger partial charge is 0.467 e. The number of amides is 1. The van der Waals surface area contributed by atoms with Crippen LogP contribution in [0.2, 0.25) is 0 Å². The molecule has 0 aromatic carbocycles. The van der Waals surface area contributed by atoms with Gasteiger partial charge in [0, 0.05) is 11.1 Å². The molecule has 3 aromatic heterocycles. The van der Waals surface area contributed by atoms with Crippen LogP contribution in [0.3, 0.4) is 0 Å². The van der Waals surface area contributed by atoms with Crippen molar-refractivity contribution in [2.45, 2.75) is 13.5 Å². The molecule has 112 valence electrons. The summed E-state index contributed by atoms with van der Waals surface area (Å²) in [6, 6.07) is 9.26. The predicted molar refractivity (Wildman–Crippen MR) is 84.2 cm³/mol. The van der Waals surface area contributed by atoms with E-state index in [2.05, 4.69) is 20.6 Å². The molecular formula is C15H14N4O2S. The van der Waals surface area contributed by atoms with Gasteiger partial charge in [-0.25, -0.2) is 9.97 Å². The third kappa shape index (κ3) is 3.50. The molecule has 1 amide bonds. The Balaban J connectivity index is 1.61. The number of nitrogens with zero attached hydrogens (tertiary/aromatic N) is 2. The summed E-state index contributed by atoms with van der Waals surface area (Å²) in [5, 5.41) is 8.17. The van der Waals surface area contributed by atoms with Crippen molar-refractivity contribution in [3.63, 3.8) is 0 Å². The van der Waals surface area contributed by atoms with E-state index < -0.39 is 0 Å². The maximum absolute atomic E-state index is 12.0. The van der Waals surface area contributed by atoms with Crippen LogP contribution < -0.4 is 10.6 Å².